The van der Waals surface area contributed by atoms with Crippen LogP contribution in [0.1, 0.15) is 5.56 Å². The Kier molecular flexibility index (Phi) is 7.91. The van der Waals surface area contributed by atoms with Gasteiger partial charge < -0.3 is 15.8 Å². The average Bonchev–Trinajstić information content (AvgIpc) is 2.26. The van der Waals surface area contributed by atoms with Crippen LogP contribution in [-0.2, 0) is 16.1 Å². The summed E-state index contributed by atoms with van der Waals surface area (Å²) in [4.78, 5) is 11.4. The topological polar surface area (TPSA) is 64.3 Å². The van der Waals surface area contributed by atoms with Gasteiger partial charge in [-0.3, -0.25) is 4.79 Å². The summed E-state index contributed by atoms with van der Waals surface area (Å²) in [5.41, 5.74) is 6.49. The highest BCUT2D eigenvalue weighted by Crippen LogP contribution is 2.10. The fourth-order valence-electron chi connectivity index (χ4n) is 1.22. The molecule has 1 atom stereocenters. The molecule has 0 spiro atoms. The molecule has 0 aliphatic rings. The molecular weight excluding hydrogens is 263 g/mol. The Morgan fingerprint density at radius 1 is 1.59 bits per heavy atom. The van der Waals surface area contributed by atoms with E-state index in [4.69, 9.17) is 22.1 Å². The van der Waals surface area contributed by atoms with Crippen molar-refractivity contribution < 1.29 is 9.53 Å². The fourth-order valence-corrected chi connectivity index (χ4v) is 1.44. The Labute approximate surface area is 112 Å². The smallest absolute Gasteiger partial charge is 0.239 e. The molecular formula is C11H16Cl2N2O2. The third-order valence-electron chi connectivity index (χ3n) is 2.04. The lowest BCUT2D eigenvalue weighted by Gasteiger charge is -2.11. The highest BCUT2D eigenvalue weighted by molar-refractivity contribution is 6.30. The van der Waals surface area contributed by atoms with E-state index in [9.17, 15) is 4.79 Å². The maximum atomic E-state index is 11.4. The van der Waals surface area contributed by atoms with Gasteiger partial charge in [0, 0.05) is 18.7 Å². The number of carbonyl (C=O) groups excluding carboxylic acids is 1. The van der Waals surface area contributed by atoms with Crippen LogP contribution in [0.5, 0.6) is 0 Å². The Balaban J connectivity index is 0.00000256. The van der Waals surface area contributed by atoms with Gasteiger partial charge in [-0.15, -0.1) is 12.4 Å². The van der Waals surface area contributed by atoms with Gasteiger partial charge in [-0.05, 0) is 17.7 Å². The minimum absolute atomic E-state index is 0. The number of hydrogen-bond acceptors (Lipinski definition) is 3. The molecule has 1 aromatic rings. The largest absolute Gasteiger partial charge is 0.383 e. The number of methoxy groups -OCH3 is 1. The summed E-state index contributed by atoms with van der Waals surface area (Å²) in [6.45, 7) is 0.623. The van der Waals surface area contributed by atoms with Crippen LogP contribution in [0.4, 0.5) is 0 Å². The standard InChI is InChI=1S/C11H15ClN2O2.ClH/c1-16-7-10(13)11(15)14-6-8-3-2-4-9(12)5-8;/h2-5,10H,6-7,13H2,1H3,(H,14,15);1H. The van der Waals surface area contributed by atoms with Crippen LogP contribution < -0.4 is 11.1 Å². The molecule has 0 bridgehead atoms. The van der Waals surface area contributed by atoms with Crippen LogP contribution in [0, 0.1) is 0 Å². The number of ether oxygens (including phenoxy) is 1. The van der Waals surface area contributed by atoms with E-state index in [-0.39, 0.29) is 24.9 Å². The molecule has 0 heterocycles. The maximum Gasteiger partial charge on any atom is 0.239 e. The monoisotopic (exact) mass is 278 g/mol. The molecule has 1 rings (SSSR count). The van der Waals surface area contributed by atoms with Crippen molar-refractivity contribution in [2.45, 2.75) is 12.6 Å². The van der Waals surface area contributed by atoms with Gasteiger partial charge in [0.15, 0.2) is 0 Å². The molecule has 96 valence electrons. The van der Waals surface area contributed by atoms with Crippen molar-refractivity contribution in [1.29, 1.82) is 0 Å². The molecule has 0 saturated carbocycles. The van der Waals surface area contributed by atoms with Crippen LogP contribution in [-0.4, -0.2) is 25.7 Å². The van der Waals surface area contributed by atoms with E-state index in [1.807, 2.05) is 12.1 Å². The number of rotatable bonds is 5. The average molecular weight is 279 g/mol. The van der Waals surface area contributed by atoms with Gasteiger partial charge in [0.05, 0.1) is 6.61 Å². The third-order valence-corrected chi connectivity index (χ3v) is 2.27. The molecule has 0 fully saturated rings. The van der Waals surface area contributed by atoms with Crippen LogP contribution >= 0.6 is 24.0 Å². The van der Waals surface area contributed by atoms with Crippen molar-refractivity contribution in [3.63, 3.8) is 0 Å². The molecule has 3 N–H and O–H groups in total. The first-order chi connectivity index (χ1) is 7.63. The molecule has 0 aliphatic carbocycles. The predicted molar refractivity (Wildman–Crippen MR) is 70.4 cm³/mol. The van der Waals surface area contributed by atoms with Crippen LogP contribution in [0.25, 0.3) is 0 Å². The van der Waals surface area contributed by atoms with Gasteiger partial charge in [0.2, 0.25) is 5.91 Å². The number of benzene rings is 1. The molecule has 6 heteroatoms. The SMILES string of the molecule is COCC(N)C(=O)NCc1cccc(Cl)c1.Cl. The third kappa shape index (κ3) is 5.89. The fraction of sp³-hybridized carbons (Fsp3) is 0.364. The van der Waals surface area contributed by atoms with Crippen molar-refractivity contribution in [3.8, 4) is 0 Å². The summed E-state index contributed by atoms with van der Waals surface area (Å²) >= 11 is 5.82. The van der Waals surface area contributed by atoms with Crippen LogP contribution in [0.2, 0.25) is 5.02 Å². The molecule has 0 aromatic heterocycles. The highest BCUT2D eigenvalue weighted by Gasteiger charge is 2.11. The first-order valence-corrected chi connectivity index (χ1v) is 5.28. The van der Waals surface area contributed by atoms with E-state index in [2.05, 4.69) is 5.32 Å². The summed E-state index contributed by atoms with van der Waals surface area (Å²) < 4.78 is 4.79. The zero-order chi connectivity index (χ0) is 12.0. The van der Waals surface area contributed by atoms with E-state index >= 15 is 0 Å². The molecule has 1 unspecified atom stereocenters. The molecule has 4 nitrogen and oxygen atoms in total. The van der Waals surface area contributed by atoms with E-state index in [0.717, 1.165) is 5.56 Å². The molecule has 17 heavy (non-hydrogen) atoms. The van der Waals surface area contributed by atoms with Crippen LogP contribution in [0.15, 0.2) is 24.3 Å². The Morgan fingerprint density at radius 2 is 2.29 bits per heavy atom. The van der Waals surface area contributed by atoms with Crippen molar-refractivity contribution in [2.75, 3.05) is 13.7 Å². The maximum absolute atomic E-state index is 11.4. The number of carbonyl (C=O) groups is 1. The molecule has 0 saturated heterocycles. The van der Waals surface area contributed by atoms with E-state index in [0.29, 0.717) is 11.6 Å². The van der Waals surface area contributed by atoms with Gasteiger partial charge in [0.1, 0.15) is 6.04 Å². The minimum atomic E-state index is -0.635. The number of amides is 1. The lowest BCUT2D eigenvalue weighted by molar-refractivity contribution is -0.123. The number of halogens is 2. The van der Waals surface area contributed by atoms with Crippen LogP contribution in [0.3, 0.4) is 0 Å². The van der Waals surface area contributed by atoms with Gasteiger partial charge in [-0.2, -0.15) is 0 Å². The Morgan fingerprint density at radius 3 is 2.88 bits per heavy atom. The summed E-state index contributed by atoms with van der Waals surface area (Å²) in [5, 5.41) is 3.35. The second-order valence-electron chi connectivity index (χ2n) is 3.41. The van der Waals surface area contributed by atoms with Gasteiger partial charge in [-0.25, -0.2) is 0 Å². The molecule has 1 amide bonds. The van der Waals surface area contributed by atoms with Crippen molar-refractivity contribution in [3.05, 3.63) is 34.9 Å². The zero-order valence-electron chi connectivity index (χ0n) is 9.48. The summed E-state index contributed by atoms with van der Waals surface area (Å²) in [5.74, 6) is -0.234. The lowest BCUT2D eigenvalue weighted by atomic mass is 10.2. The number of hydrogen-bond donors (Lipinski definition) is 2. The summed E-state index contributed by atoms with van der Waals surface area (Å²) in [6.07, 6.45) is 0. The minimum Gasteiger partial charge on any atom is -0.383 e. The first kappa shape index (κ1) is 16.2. The van der Waals surface area contributed by atoms with Gasteiger partial charge in [0.25, 0.3) is 0 Å². The molecule has 1 aromatic carbocycles. The normalized spacial score (nSPS) is 11.5. The van der Waals surface area contributed by atoms with E-state index in [1.165, 1.54) is 7.11 Å². The predicted octanol–water partition coefficient (Wildman–Crippen LogP) is 1.35. The number of nitrogens with two attached hydrogens (primary N) is 1. The van der Waals surface area contributed by atoms with Gasteiger partial charge >= 0.3 is 0 Å². The van der Waals surface area contributed by atoms with E-state index in [1.54, 1.807) is 12.1 Å². The zero-order valence-corrected chi connectivity index (χ0v) is 11.1. The molecule has 0 radical (unpaired) electrons. The Bertz CT molecular complexity index is 361. The van der Waals surface area contributed by atoms with Crippen molar-refractivity contribution in [1.82, 2.24) is 5.32 Å². The quantitative estimate of drug-likeness (QED) is 0.855. The van der Waals surface area contributed by atoms with Gasteiger partial charge in [-0.1, -0.05) is 23.7 Å². The Hall–Kier alpha value is -0.810. The number of nitrogens with one attached hydrogen (secondary N) is 1. The van der Waals surface area contributed by atoms with E-state index < -0.39 is 6.04 Å². The second-order valence-corrected chi connectivity index (χ2v) is 3.85. The lowest BCUT2D eigenvalue weighted by Crippen LogP contribution is -2.43. The highest BCUT2D eigenvalue weighted by atomic mass is 35.5. The van der Waals surface area contributed by atoms with Crippen molar-refractivity contribution >= 4 is 29.9 Å². The summed E-state index contributed by atoms with van der Waals surface area (Å²) in [6, 6.07) is 6.66. The second kappa shape index (κ2) is 8.31. The first-order valence-electron chi connectivity index (χ1n) is 4.90. The van der Waals surface area contributed by atoms with Crippen molar-refractivity contribution in [2.24, 2.45) is 5.73 Å². The molecule has 0 aliphatic heterocycles. The summed E-state index contributed by atoms with van der Waals surface area (Å²) in [7, 11) is 1.50.